The molecule has 0 radical (unpaired) electrons. The summed E-state index contributed by atoms with van der Waals surface area (Å²) in [7, 11) is 0. The Hall–Kier alpha value is -2.62. The molecule has 0 aliphatic carbocycles. The molecule has 3 aromatic rings. The number of benzene rings is 1. The fourth-order valence-corrected chi connectivity index (χ4v) is 4.60. The van der Waals surface area contributed by atoms with Crippen LogP contribution in [0.2, 0.25) is 0 Å². The number of nitrogens with zero attached hydrogens (tertiary/aromatic N) is 2. The van der Waals surface area contributed by atoms with Gasteiger partial charge in [0.05, 0.1) is 17.1 Å². The minimum atomic E-state index is -0.339. The Bertz CT molecular complexity index is 986. The van der Waals surface area contributed by atoms with Crippen molar-refractivity contribution in [1.29, 1.82) is 0 Å². The highest BCUT2D eigenvalue weighted by Gasteiger charge is 2.23. The minimum Gasteiger partial charge on any atom is -0.325 e. The maximum absolute atomic E-state index is 12.9. The van der Waals surface area contributed by atoms with Gasteiger partial charge in [0.15, 0.2) is 5.13 Å². The molecule has 144 valence electrons. The number of hydrogen-bond donors (Lipinski definition) is 2. The van der Waals surface area contributed by atoms with Gasteiger partial charge in [-0.1, -0.05) is 6.07 Å². The third-order valence-corrected chi connectivity index (χ3v) is 6.14. The number of amides is 2. The van der Waals surface area contributed by atoms with E-state index in [9.17, 15) is 14.0 Å². The van der Waals surface area contributed by atoms with Crippen LogP contribution in [0.1, 0.15) is 20.2 Å². The van der Waals surface area contributed by atoms with E-state index in [1.54, 1.807) is 6.07 Å². The third kappa shape index (κ3) is 4.44. The number of nitrogens with one attached hydrogen (secondary N) is 2. The van der Waals surface area contributed by atoms with Crippen LogP contribution in [0.5, 0.6) is 0 Å². The zero-order chi connectivity index (χ0) is 19.5. The van der Waals surface area contributed by atoms with E-state index in [4.69, 9.17) is 0 Å². The number of carbonyl (C=O) groups is 2. The van der Waals surface area contributed by atoms with Crippen LogP contribution in [0.3, 0.4) is 0 Å². The van der Waals surface area contributed by atoms with Crippen molar-refractivity contribution in [2.45, 2.75) is 13.0 Å². The Kier molecular flexibility index (Phi) is 5.47. The predicted molar refractivity (Wildman–Crippen MR) is 108 cm³/mol. The van der Waals surface area contributed by atoms with E-state index in [0.29, 0.717) is 28.8 Å². The number of thiophene rings is 1. The number of rotatable bonds is 5. The van der Waals surface area contributed by atoms with Gasteiger partial charge in [-0.25, -0.2) is 9.37 Å². The SMILES string of the molecule is O=C(CN1CCc2nc(NC(=O)c3cccs3)sc2C1)Nc1ccc(F)cc1. The van der Waals surface area contributed by atoms with Crippen molar-refractivity contribution in [3.8, 4) is 0 Å². The van der Waals surface area contributed by atoms with Gasteiger partial charge in [-0.2, -0.15) is 0 Å². The number of carbonyl (C=O) groups excluding carboxylic acids is 2. The summed E-state index contributed by atoms with van der Waals surface area (Å²) in [4.78, 5) is 32.7. The van der Waals surface area contributed by atoms with Crippen LogP contribution in [-0.4, -0.2) is 34.8 Å². The molecule has 1 aliphatic rings. The standard InChI is InChI=1S/C19H17FN4O2S2/c20-12-3-5-13(6-4-12)21-17(25)11-24-8-7-14-16(10-24)28-19(22-14)23-18(26)15-2-1-9-27-15/h1-6,9H,7-8,10-11H2,(H,21,25)(H,22,23,26). The first kappa shape index (κ1) is 18.7. The normalized spacial score (nSPS) is 13.8. The monoisotopic (exact) mass is 416 g/mol. The highest BCUT2D eigenvalue weighted by Crippen LogP contribution is 2.28. The largest absolute Gasteiger partial charge is 0.325 e. The molecular formula is C19H17FN4O2S2. The predicted octanol–water partition coefficient (Wildman–Crippen LogP) is 3.59. The van der Waals surface area contributed by atoms with Crippen LogP contribution in [0.15, 0.2) is 41.8 Å². The molecule has 9 heteroatoms. The first-order chi connectivity index (χ1) is 13.6. The molecule has 0 bridgehead atoms. The van der Waals surface area contributed by atoms with Crippen LogP contribution < -0.4 is 10.6 Å². The molecule has 28 heavy (non-hydrogen) atoms. The van der Waals surface area contributed by atoms with E-state index in [1.165, 1.54) is 46.9 Å². The lowest BCUT2D eigenvalue weighted by Crippen LogP contribution is -2.36. The Labute approximate surface area is 169 Å². The molecule has 0 atom stereocenters. The van der Waals surface area contributed by atoms with Gasteiger partial charge in [-0.15, -0.1) is 22.7 Å². The van der Waals surface area contributed by atoms with Crippen molar-refractivity contribution in [2.75, 3.05) is 23.7 Å². The number of aromatic nitrogens is 1. The summed E-state index contributed by atoms with van der Waals surface area (Å²) < 4.78 is 12.9. The first-order valence-corrected chi connectivity index (χ1v) is 10.4. The number of fused-ring (bicyclic) bond motifs is 1. The highest BCUT2D eigenvalue weighted by atomic mass is 32.1. The average Bonchev–Trinajstić information content (AvgIpc) is 3.32. The Morgan fingerprint density at radius 1 is 1.18 bits per heavy atom. The number of hydrogen-bond acceptors (Lipinski definition) is 6. The molecule has 0 fully saturated rings. The van der Waals surface area contributed by atoms with Crippen LogP contribution in [0, 0.1) is 5.82 Å². The zero-order valence-corrected chi connectivity index (χ0v) is 16.4. The zero-order valence-electron chi connectivity index (χ0n) is 14.8. The minimum absolute atomic E-state index is 0.147. The number of halogens is 1. The van der Waals surface area contributed by atoms with Gasteiger partial charge in [0.2, 0.25) is 5.91 Å². The van der Waals surface area contributed by atoms with E-state index in [0.717, 1.165) is 17.0 Å². The maximum atomic E-state index is 12.9. The van der Waals surface area contributed by atoms with Crippen molar-refractivity contribution in [1.82, 2.24) is 9.88 Å². The summed E-state index contributed by atoms with van der Waals surface area (Å²) in [6.45, 7) is 1.57. The van der Waals surface area contributed by atoms with Gasteiger partial charge in [-0.3, -0.25) is 19.8 Å². The molecule has 1 aliphatic heterocycles. The van der Waals surface area contributed by atoms with E-state index in [2.05, 4.69) is 15.6 Å². The lowest BCUT2D eigenvalue weighted by molar-refractivity contribution is -0.117. The molecule has 2 amide bonds. The fraction of sp³-hybridized carbons (Fsp3) is 0.211. The molecule has 0 unspecified atom stereocenters. The summed E-state index contributed by atoms with van der Waals surface area (Å²) in [5.41, 5.74) is 1.54. The second kappa shape index (κ2) is 8.17. The summed E-state index contributed by atoms with van der Waals surface area (Å²) in [5.74, 6) is -0.642. The van der Waals surface area contributed by atoms with Crippen molar-refractivity contribution in [2.24, 2.45) is 0 Å². The second-order valence-corrected chi connectivity index (χ2v) is 8.37. The summed E-state index contributed by atoms with van der Waals surface area (Å²) in [6, 6.07) is 9.30. The molecule has 3 heterocycles. The quantitative estimate of drug-likeness (QED) is 0.667. The molecule has 0 saturated heterocycles. The lowest BCUT2D eigenvalue weighted by Gasteiger charge is -2.25. The molecule has 2 aromatic heterocycles. The molecule has 4 rings (SSSR count). The lowest BCUT2D eigenvalue weighted by atomic mass is 10.2. The summed E-state index contributed by atoms with van der Waals surface area (Å²) >= 11 is 2.83. The van der Waals surface area contributed by atoms with Crippen LogP contribution >= 0.6 is 22.7 Å². The van der Waals surface area contributed by atoms with Gasteiger partial charge in [0, 0.05) is 30.1 Å². The molecule has 2 N–H and O–H groups in total. The van der Waals surface area contributed by atoms with Gasteiger partial charge < -0.3 is 5.32 Å². The molecule has 0 spiro atoms. The second-order valence-electron chi connectivity index (χ2n) is 6.34. The van der Waals surface area contributed by atoms with Gasteiger partial charge in [-0.05, 0) is 35.7 Å². The Balaban J connectivity index is 1.34. The van der Waals surface area contributed by atoms with Crippen molar-refractivity contribution < 1.29 is 14.0 Å². The van der Waals surface area contributed by atoms with Crippen molar-refractivity contribution >= 4 is 45.3 Å². The molecule has 1 aromatic carbocycles. The third-order valence-electron chi connectivity index (χ3n) is 4.27. The van der Waals surface area contributed by atoms with Crippen molar-refractivity contribution in [3.63, 3.8) is 0 Å². The number of anilines is 2. The molecule has 0 saturated carbocycles. The van der Waals surface area contributed by atoms with E-state index in [1.807, 2.05) is 16.3 Å². The van der Waals surface area contributed by atoms with Gasteiger partial charge in [0.25, 0.3) is 5.91 Å². The van der Waals surface area contributed by atoms with E-state index in [-0.39, 0.29) is 24.2 Å². The van der Waals surface area contributed by atoms with Crippen LogP contribution in [0.25, 0.3) is 0 Å². The molecular weight excluding hydrogens is 399 g/mol. The highest BCUT2D eigenvalue weighted by molar-refractivity contribution is 7.16. The maximum Gasteiger partial charge on any atom is 0.267 e. The average molecular weight is 417 g/mol. The fourth-order valence-electron chi connectivity index (χ4n) is 2.94. The Morgan fingerprint density at radius 3 is 2.75 bits per heavy atom. The summed E-state index contributed by atoms with van der Waals surface area (Å²) in [5, 5.41) is 8.06. The van der Waals surface area contributed by atoms with E-state index >= 15 is 0 Å². The van der Waals surface area contributed by atoms with E-state index < -0.39 is 0 Å². The number of thiazole rings is 1. The molecule has 6 nitrogen and oxygen atoms in total. The van der Waals surface area contributed by atoms with Crippen molar-refractivity contribution in [3.05, 3.63) is 63.0 Å². The first-order valence-electron chi connectivity index (χ1n) is 8.68. The smallest absolute Gasteiger partial charge is 0.267 e. The van der Waals surface area contributed by atoms with Gasteiger partial charge >= 0.3 is 0 Å². The van der Waals surface area contributed by atoms with Gasteiger partial charge in [0.1, 0.15) is 5.82 Å². The summed E-state index contributed by atoms with van der Waals surface area (Å²) in [6.07, 6.45) is 0.727. The topological polar surface area (TPSA) is 74.3 Å². The Morgan fingerprint density at radius 2 is 2.00 bits per heavy atom. The van der Waals surface area contributed by atoms with Crippen LogP contribution in [0.4, 0.5) is 15.2 Å². The van der Waals surface area contributed by atoms with Crippen LogP contribution in [-0.2, 0) is 17.8 Å².